The Balaban J connectivity index is 1.70. The van der Waals surface area contributed by atoms with Crippen LogP contribution in [0.3, 0.4) is 0 Å². The summed E-state index contributed by atoms with van der Waals surface area (Å²) in [5.74, 6) is 1.59. The maximum Gasteiger partial charge on any atom is 0.226 e. The van der Waals surface area contributed by atoms with Crippen LogP contribution >= 0.6 is 0 Å². The molecule has 0 bridgehead atoms. The molecule has 2 heterocycles. The van der Waals surface area contributed by atoms with Gasteiger partial charge >= 0.3 is 0 Å². The van der Waals surface area contributed by atoms with Crippen LogP contribution in [0.4, 0.5) is 0 Å². The summed E-state index contributed by atoms with van der Waals surface area (Å²) in [7, 11) is 0. The van der Waals surface area contributed by atoms with Gasteiger partial charge in [0.25, 0.3) is 0 Å². The highest BCUT2D eigenvalue weighted by atomic mass is 16.5. The molecule has 1 aliphatic heterocycles. The van der Waals surface area contributed by atoms with Crippen LogP contribution in [0.1, 0.15) is 38.1 Å². The van der Waals surface area contributed by atoms with Gasteiger partial charge in [0.15, 0.2) is 0 Å². The van der Waals surface area contributed by atoms with Gasteiger partial charge in [0.2, 0.25) is 5.91 Å². The molecular weight excluding hydrogens is 254 g/mol. The molecule has 0 aliphatic carbocycles. The van der Waals surface area contributed by atoms with Crippen LogP contribution in [-0.2, 0) is 11.2 Å². The molecule has 1 amide bonds. The lowest BCUT2D eigenvalue weighted by molar-refractivity contribution is -0.120. The highest BCUT2D eigenvalue weighted by Crippen LogP contribution is 2.17. The van der Waals surface area contributed by atoms with E-state index in [1.807, 2.05) is 6.92 Å². The van der Waals surface area contributed by atoms with Gasteiger partial charge in [-0.1, -0.05) is 12.1 Å². The molecule has 112 valence electrons. The summed E-state index contributed by atoms with van der Waals surface area (Å²) >= 11 is 0. The van der Waals surface area contributed by atoms with Crippen molar-refractivity contribution in [1.29, 1.82) is 0 Å². The van der Waals surface area contributed by atoms with Crippen molar-refractivity contribution < 1.29 is 9.32 Å². The van der Waals surface area contributed by atoms with Crippen molar-refractivity contribution in [3.63, 3.8) is 0 Å². The Kier molecular flexibility index (Phi) is 5.17. The molecule has 2 rings (SSSR count). The van der Waals surface area contributed by atoms with Gasteiger partial charge in [0.1, 0.15) is 5.76 Å². The molecule has 1 fully saturated rings. The highest BCUT2D eigenvalue weighted by molar-refractivity contribution is 5.78. The Morgan fingerprint density at radius 2 is 2.25 bits per heavy atom. The molecule has 1 N–H and O–H groups in total. The van der Waals surface area contributed by atoms with Crippen LogP contribution in [0, 0.1) is 12.8 Å². The van der Waals surface area contributed by atoms with Crippen molar-refractivity contribution in [2.45, 2.75) is 46.1 Å². The molecule has 0 radical (unpaired) electrons. The summed E-state index contributed by atoms with van der Waals surface area (Å²) in [5, 5.41) is 6.82. The number of nitrogens with zero attached hydrogens (tertiary/aromatic N) is 2. The van der Waals surface area contributed by atoms with Crippen LogP contribution in [0.5, 0.6) is 0 Å². The lowest BCUT2D eigenvalue weighted by atomic mass is 9.98. The Labute approximate surface area is 120 Å². The predicted molar refractivity (Wildman–Crippen MR) is 77.4 cm³/mol. The van der Waals surface area contributed by atoms with Crippen LogP contribution in [0.15, 0.2) is 10.6 Å². The van der Waals surface area contributed by atoms with Crippen molar-refractivity contribution in [2.24, 2.45) is 5.92 Å². The number of aromatic nitrogens is 1. The quantitative estimate of drug-likeness (QED) is 0.892. The molecule has 0 saturated carbocycles. The number of nitrogens with one attached hydrogen (secondary N) is 1. The fourth-order valence-electron chi connectivity index (χ4n) is 2.59. The first-order chi connectivity index (χ1) is 9.54. The van der Waals surface area contributed by atoms with Crippen LogP contribution in [0.2, 0.25) is 0 Å². The van der Waals surface area contributed by atoms with E-state index in [1.165, 1.54) is 12.8 Å². The zero-order chi connectivity index (χ0) is 14.5. The van der Waals surface area contributed by atoms with E-state index in [0.717, 1.165) is 24.8 Å². The Morgan fingerprint density at radius 1 is 1.55 bits per heavy atom. The molecule has 5 nitrogen and oxygen atoms in total. The lowest BCUT2D eigenvalue weighted by Crippen LogP contribution is -2.45. The standard InChI is InChI=1S/C15H25N3O2/c1-11-4-6-18(7-5-11)12(2)10-16-15(19)9-14-8-13(3)20-17-14/h8,11-12H,4-7,9-10H2,1-3H3,(H,16,19). The van der Waals surface area contributed by atoms with E-state index in [1.54, 1.807) is 6.07 Å². The number of hydrogen-bond acceptors (Lipinski definition) is 4. The molecule has 0 aromatic carbocycles. The van der Waals surface area contributed by atoms with Crippen molar-refractivity contribution in [3.05, 3.63) is 17.5 Å². The maximum absolute atomic E-state index is 11.8. The first-order valence-electron chi connectivity index (χ1n) is 7.47. The number of rotatable bonds is 5. The second-order valence-electron chi connectivity index (χ2n) is 5.98. The first-order valence-corrected chi connectivity index (χ1v) is 7.47. The summed E-state index contributed by atoms with van der Waals surface area (Å²) < 4.78 is 4.96. The molecule has 0 spiro atoms. The number of piperidine rings is 1. The fourth-order valence-corrected chi connectivity index (χ4v) is 2.59. The van der Waals surface area contributed by atoms with Crippen LogP contribution in [-0.4, -0.2) is 41.6 Å². The molecule has 1 aromatic heterocycles. The summed E-state index contributed by atoms with van der Waals surface area (Å²) in [6.07, 6.45) is 2.81. The number of carbonyl (C=O) groups is 1. The number of amides is 1. The van der Waals surface area contributed by atoms with Gasteiger partial charge in [-0.2, -0.15) is 0 Å². The average molecular weight is 279 g/mol. The summed E-state index contributed by atoms with van der Waals surface area (Å²) in [6, 6.07) is 2.19. The molecule has 5 heteroatoms. The molecule has 1 unspecified atom stereocenters. The first kappa shape index (κ1) is 15.0. The van der Waals surface area contributed by atoms with E-state index in [4.69, 9.17) is 4.52 Å². The Hall–Kier alpha value is -1.36. The van der Waals surface area contributed by atoms with Gasteiger partial charge in [0.05, 0.1) is 12.1 Å². The van der Waals surface area contributed by atoms with E-state index in [-0.39, 0.29) is 5.91 Å². The maximum atomic E-state index is 11.8. The number of carbonyl (C=O) groups excluding carboxylic acids is 1. The fraction of sp³-hybridized carbons (Fsp3) is 0.733. The van der Waals surface area contributed by atoms with Crippen LogP contribution < -0.4 is 5.32 Å². The molecule has 1 aromatic rings. The molecule has 1 aliphatic rings. The molecule has 20 heavy (non-hydrogen) atoms. The number of likely N-dealkylation sites (tertiary alicyclic amines) is 1. The van der Waals surface area contributed by atoms with Crippen molar-refractivity contribution in [2.75, 3.05) is 19.6 Å². The van der Waals surface area contributed by atoms with Crippen molar-refractivity contribution in [3.8, 4) is 0 Å². The molecular formula is C15H25N3O2. The monoisotopic (exact) mass is 279 g/mol. The van der Waals surface area contributed by atoms with E-state index in [0.29, 0.717) is 24.7 Å². The van der Waals surface area contributed by atoms with Gasteiger partial charge in [-0.05, 0) is 45.7 Å². The van der Waals surface area contributed by atoms with E-state index in [2.05, 4.69) is 29.2 Å². The minimum Gasteiger partial charge on any atom is -0.361 e. The van der Waals surface area contributed by atoms with Gasteiger partial charge in [-0.25, -0.2) is 0 Å². The topological polar surface area (TPSA) is 58.4 Å². The van der Waals surface area contributed by atoms with Crippen molar-refractivity contribution >= 4 is 5.91 Å². The van der Waals surface area contributed by atoms with E-state index in [9.17, 15) is 4.79 Å². The van der Waals surface area contributed by atoms with E-state index >= 15 is 0 Å². The Morgan fingerprint density at radius 3 is 2.85 bits per heavy atom. The third kappa shape index (κ3) is 4.34. The number of aryl methyl sites for hydroxylation is 1. The minimum absolute atomic E-state index is 0.00975. The summed E-state index contributed by atoms with van der Waals surface area (Å²) in [6.45, 7) is 9.29. The molecule has 1 atom stereocenters. The SMILES string of the molecule is Cc1cc(CC(=O)NCC(C)N2CCC(C)CC2)no1. The predicted octanol–water partition coefficient (Wildman–Crippen LogP) is 1.76. The normalized spacial score (nSPS) is 18.9. The zero-order valence-electron chi connectivity index (χ0n) is 12.7. The zero-order valence-corrected chi connectivity index (χ0v) is 12.7. The summed E-state index contributed by atoms with van der Waals surface area (Å²) in [4.78, 5) is 14.3. The van der Waals surface area contributed by atoms with Gasteiger partial charge in [-0.15, -0.1) is 0 Å². The third-order valence-corrected chi connectivity index (χ3v) is 4.05. The second kappa shape index (κ2) is 6.88. The van der Waals surface area contributed by atoms with Crippen LogP contribution in [0.25, 0.3) is 0 Å². The lowest BCUT2D eigenvalue weighted by Gasteiger charge is -2.35. The molecule has 1 saturated heterocycles. The van der Waals surface area contributed by atoms with E-state index < -0.39 is 0 Å². The van der Waals surface area contributed by atoms with Crippen molar-refractivity contribution in [1.82, 2.24) is 15.4 Å². The Bertz CT molecular complexity index is 436. The largest absolute Gasteiger partial charge is 0.361 e. The van der Waals surface area contributed by atoms with Gasteiger partial charge in [-0.3, -0.25) is 9.69 Å². The van der Waals surface area contributed by atoms with Gasteiger partial charge in [0, 0.05) is 18.7 Å². The smallest absolute Gasteiger partial charge is 0.226 e. The average Bonchev–Trinajstić information content (AvgIpc) is 2.82. The third-order valence-electron chi connectivity index (χ3n) is 4.05. The van der Waals surface area contributed by atoms with Gasteiger partial charge < -0.3 is 9.84 Å². The number of hydrogen-bond donors (Lipinski definition) is 1. The summed E-state index contributed by atoms with van der Waals surface area (Å²) in [5.41, 5.74) is 0.694. The minimum atomic E-state index is 0.00975. The second-order valence-corrected chi connectivity index (χ2v) is 5.98. The highest BCUT2D eigenvalue weighted by Gasteiger charge is 2.20.